The molecule has 0 fully saturated rings. The average Bonchev–Trinajstić information content (AvgIpc) is 2.14. The lowest BCUT2D eigenvalue weighted by Crippen LogP contribution is -2.21. The number of hydrazine groups is 1. The molecule has 0 amide bonds. The molecule has 0 atom stereocenters. The number of carboxylic acids is 1. The van der Waals surface area contributed by atoms with E-state index in [0.29, 0.717) is 13.0 Å². The third-order valence-electron chi connectivity index (χ3n) is 1.07. The van der Waals surface area contributed by atoms with Gasteiger partial charge in [-0.25, -0.2) is 15.8 Å². The summed E-state index contributed by atoms with van der Waals surface area (Å²) >= 11 is 0. The number of aliphatic carboxylic acids is 1. The molecule has 1 rings (SSSR count). The molecular formula is C4H7N3O2. The topological polar surface area (TPSA) is 78.9 Å². The Bertz CT molecular complexity index is 165. The summed E-state index contributed by atoms with van der Waals surface area (Å²) in [5.41, 5.74) is 0.137. The number of nitrogens with two attached hydrogens (primary N) is 1. The maximum atomic E-state index is 10.1. The molecular weight excluding hydrogens is 122 g/mol. The van der Waals surface area contributed by atoms with Gasteiger partial charge >= 0.3 is 5.97 Å². The van der Waals surface area contributed by atoms with Gasteiger partial charge in [0.15, 0.2) is 0 Å². The number of carboxylic acid groups (broad SMARTS) is 1. The molecule has 0 bridgehead atoms. The van der Waals surface area contributed by atoms with Crippen molar-refractivity contribution in [2.24, 2.45) is 10.9 Å². The lowest BCUT2D eigenvalue weighted by atomic mass is 10.3. The predicted octanol–water partition coefficient (Wildman–Crippen LogP) is -0.994. The summed E-state index contributed by atoms with van der Waals surface area (Å²) in [5.74, 6) is 4.16. The largest absolute Gasteiger partial charge is 0.477 e. The molecule has 0 aromatic heterocycles. The van der Waals surface area contributed by atoms with E-state index in [-0.39, 0.29) is 5.71 Å². The minimum atomic E-state index is -0.983. The van der Waals surface area contributed by atoms with Crippen LogP contribution in [0.15, 0.2) is 5.10 Å². The highest BCUT2D eigenvalue weighted by Gasteiger charge is 2.16. The molecule has 3 N–H and O–H groups in total. The summed E-state index contributed by atoms with van der Waals surface area (Å²) < 4.78 is 0. The van der Waals surface area contributed by atoms with Crippen LogP contribution < -0.4 is 5.84 Å². The molecule has 50 valence electrons. The van der Waals surface area contributed by atoms with Crippen molar-refractivity contribution in [1.82, 2.24) is 5.12 Å². The Labute approximate surface area is 51.7 Å². The first-order chi connectivity index (χ1) is 4.20. The molecule has 0 radical (unpaired) electrons. The van der Waals surface area contributed by atoms with Crippen molar-refractivity contribution in [3.63, 3.8) is 0 Å². The molecule has 0 unspecified atom stereocenters. The van der Waals surface area contributed by atoms with Gasteiger partial charge in [0.25, 0.3) is 0 Å². The van der Waals surface area contributed by atoms with Crippen LogP contribution in [0.25, 0.3) is 0 Å². The van der Waals surface area contributed by atoms with Crippen LogP contribution in [0.1, 0.15) is 6.42 Å². The molecule has 0 aromatic carbocycles. The summed E-state index contributed by atoms with van der Waals surface area (Å²) in [4.78, 5) is 10.1. The smallest absolute Gasteiger partial charge is 0.352 e. The van der Waals surface area contributed by atoms with Crippen molar-refractivity contribution >= 4 is 11.7 Å². The fourth-order valence-electron chi connectivity index (χ4n) is 0.625. The summed E-state index contributed by atoms with van der Waals surface area (Å²) in [6, 6.07) is 0. The average molecular weight is 129 g/mol. The molecule has 5 heteroatoms. The molecule has 0 aliphatic carbocycles. The minimum absolute atomic E-state index is 0.137. The predicted molar refractivity (Wildman–Crippen MR) is 30.6 cm³/mol. The van der Waals surface area contributed by atoms with Crippen LogP contribution in [-0.4, -0.2) is 28.5 Å². The number of nitrogens with zero attached hydrogens (tertiary/aromatic N) is 2. The van der Waals surface area contributed by atoms with E-state index in [2.05, 4.69) is 5.10 Å². The van der Waals surface area contributed by atoms with Gasteiger partial charge in [0.1, 0.15) is 5.71 Å². The van der Waals surface area contributed by atoms with Crippen molar-refractivity contribution in [2.45, 2.75) is 6.42 Å². The van der Waals surface area contributed by atoms with E-state index in [1.807, 2.05) is 0 Å². The SMILES string of the molecule is NN1CCC(C(=O)O)=N1. The van der Waals surface area contributed by atoms with Gasteiger partial charge in [0.05, 0.1) is 6.54 Å². The minimum Gasteiger partial charge on any atom is -0.477 e. The van der Waals surface area contributed by atoms with Gasteiger partial charge in [-0.15, -0.1) is 0 Å². The normalized spacial score (nSPS) is 17.9. The van der Waals surface area contributed by atoms with Crippen LogP contribution in [0.3, 0.4) is 0 Å². The maximum absolute atomic E-state index is 10.1. The second-order valence-electron chi connectivity index (χ2n) is 1.76. The summed E-state index contributed by atoms with van der Waals surface area (Å²) in [7, 11) is 0. The Morgan fingerprint density at radius 1 is 1.89 bits per heavy atom. The Morgan fingerprint density at radius 3 is 2.78 bits per heavy atom. The van der Waals surface area contributed by atoms with Crippen LogP contribution >= 0.6 is 0 Å². The van der Waals surface area contributed by atoms with E-state index in [4.69, 9.17) is 10.9 Å². The van der Waals surface area contributed by atoms with Crippen LogP contribution in [-0.2, 0) is 4.79 Å². The van der Waals surface area contributed by atoms with Gasteiger partial charge < -0.3 is 5.11 Å². The third kappa shape index (κ3) is 1.17. The molecule has 0 spiro atoms. The van der Waals surface area contributed by atoms with Crippen molar-refractivity contribution < 1.29 is 9.90 Å². The zero-order chi connectivity index (χ0) is 6.85. The molecule has 1 aliphatic rings. The van der Waals surface area contributed by atoms with Gasteiger partial charge in [-0.05, 0) is 0 Å². The Kier molecular flexibility index (Phi) is 1.35. The number of carbonyl (C=O) groups is 1. The van der Waals surface area contributed by atoms with E-state index >= 15 is 0 Å². The van der Waals surface area contributed by atoms with Gasteiger partial charge in [-0.1, -0.05) is 0 Å². The van der Waals surface area contributed by atoms with Crippen LogP contribution in [0.5, 0.6) is 0 Å². The fourth-order valence-corrected chi connectivity index (χ4v) is 0.625. The number of rotatable bonds is 1. The summed E-state index contributed by atoms with van der Waals surface area (Å²) in [6.07, 6.45) is 0.436. The number of hydrogen-bond acceptors (Lipinski definition) is 4. The molecule has 1 aliphatic heterocycles. The summed E-state index contributed by atoms with van der Waals surface area (Å²) in [5, 5.41) is 13.0. The number of hydrogen-bond donors (Lipinski definition) is 2. The van der Waals surface area contributed by atoms with E-state index in [9.17, 15) is 4.79 Å². The van der Waals surface area contributed by atoms with Crippen LogP contribution in [0.2, 0.25) is 0 Å². The molecule has 5 nitrogen and oxygen atoms in total. The highest BCUT2D eigenvalue weighted by Crippen LogP contribution is 1.99. The lowest BCUT2D eigenvalue weighted by molar-refractivity contribution is -0.129. The Morgan fingerprint density at radius 2 is 2.56 bits per heavy atom. The molecule has 0 saturated heterocycles. The molecule has 0 saturated carbocycles. The number of hydrazone groups is 1. The molecule has 9 heavy (non-hydrogen) atoms. The van der Waals surface area contributed by atoms with Crippen molar-refractivity contribution in [1.29, 1.82) is 0 Å². The van der Waals surface area contributed by atoms with E-state index < -0.39 is 5.97 Å². The van der Waals surface area contributed by atoms with E-state index in [1.54, 1.807) is 0 Å². The first kappa shape index (κ1) is 6.03. The molecule has 0 aromatic rings. The lowest BCUT2D eigenvalue weighted by Gasteiger charge is -1.99. The quantitative estimate of drug-likeness (QED) is 0.445. The Balaban J connectivity index is 2.62. The zero-order valence-corrected chi connectivity index (χ0v) is 4.74. The second-order valence-corrected chi connectivity index (χ2v) is 1.76. The van der Waals surface area contributed by atoms with Crippen molar-refractivity contribution in [2.75, 3.05) is 6.54 Å². The van der Waals surface area contributed by atoms with Gasteiger partial charge in [-0.2, -0.15) is 5.10 Å². The van der Waals surface area contributed by atoms with E-state index in [0.717, 1.165) is 5.12 Å². The van der Waals surface area contributed by atoms with Crippen molar-refractivity contribution in [3.8, 4) is 0 Å². The van der Waals surface area contributed by atoms with Gasteiger partial charge in [-0.3, -0.25) is 0 Å². The Hall–Kier alpha value is -1.10. The van der Waals surface area contributed by atoms with Gasteiger partial charge in [0, 0.05) is 6.42 Å². The fraction of sp³-hybridized carbons (Fsp3) is 0.500. The highest BCUT2D eigenvalue weighted by molar-refractivity contribution is 6.35. The first-order valence-electron chi connectivity index (χ1n) is 2.53. The molecule has 1 heterocycles. The third-order valence-corrected chi connectivity index (χ3v) is 1.07. The van der Waals surface area contributed by atoms with Crippen LogP contribution in [0, 0.1) is 0 Å². The summed E-state index contributed by atoms with van der Waals surface area (Å²) in [6.45, 7) is 0.502. The van der Waals surface area contributed by atoms with Gasteiger partial charge in [0.2, 0.25) is 0 Å². The van der Waals surface area contributed by atoms with Crippen LogP contribution in [0.4, 0.5) is 0 Å². The highest BCUT2D eigenvalue weighted by atomic mass is 16.4. The van der Waals surface area contributed by atoms with E-state index in [1.165, 1.54) is 0 Å². The second kappa shape index (κ2) is 2.02. The maximum Gasteiger partial charge on any atom is 0.352 e. The standard InChI is InChI=1S/C4H7N3O2/c5-7-2-1-3(6-7)4(8)9/h1-2,5H2,(H,8,9). The first-order valence-corrected chi connectivity index (χ1v) is 2.53. The monoisotopic (exact) mass is 129 g/mol. The zero-order valence-electron chi connectivity index (χ0n) is 4.74. The van der Waals surface area contributed by atoms with Crippen molar-refractivity contribution in [3.05, 3.63) is 0 Å².